The van der Waals surface area contributed by atoms with Crippen molar-refractivity contribution in [2.24, 2.45) is 5.84 Å². The maximum Gasteiger partial charge on any atom is 0.0935 e. The summed E-state index contributed by atoms with van der Waals surface area (Å²) in [5.41, 5.74) is 5.34. The highest BCUT2D eigenvalue weighted by molar-refractivity contribution is 7.99. The highest BCUT2D eigenvalue weighted by Crippen LogP contribution is 2.23. The summed E-state index contributed by atoms with van der Waals surface area (Å²) in [6, 6.07) is 10.6. The molecule has 0 fully saturated rings. The second kappa shape index (κ2) is 6.64. The monoisotopic (exact) mass is 262 g/mol. The molecule has 0 aliphatic rings. The standard InChI is InChI=1S/C14H18N2OS/c1-11-4-2-3-5-14(11)18-10-13(16-15)8-12-6-7-17-9-12/h2-7,9,13,16H,8,10,15H2,1H3. The molecule has 18 heavy (non-hydrogen) atoms. The van der Waals surface area contributed by atoms with Crippen molar-refractivity contribution in [1.82, 2.24) is 5.43 Å². The zero-order chi connectivity index (χ0) is 12.8. The van der Waals surface area contributed by atoms with Gasteiger partial charge in [0.2, 0.25) is 0 Å². The van der Waals surface area contributed by atoms with Gasteiger partial charge < -0.3 is 4.42 Å². The van der Waals surface area contributed by atoms with E-state index in [2.05, 4.69) is 36.6 Å². The molecule has 1 aromatic carbocycles. The van der Waals surface area contributed by atoms with E-state index in [0.29, 0.717) is 0 Å². The molecule has 0 aliphatic carbocycles. The second-order valence-corrected chi connectivity index (χ2v) is 5.34. The Hall–Kier alpha value is -1.23. The van der Waals surface area contributed by atoms with Crippen molar-refractivity contribution < 1.29 is 4.42 Å². The average Bonchev–Trinajstić information content (AvgIpc) is 2.89. The molecule has 0 saturated heterocycles. The number of nitrogens with two attached hydrogens (primary N) is 1. The maximum atomic E-state index is 5.60. The molecule has 0 saturated carbocycles. The molecule has 3 N–H and O–H groups in total. The average molecular weight is 262 g/mol. The minimum Gasteiger partial charge on any atom is -0.472 e. The summed E-state index contributed by atoms with van der Waals surface area (Å²) < 4.78 is 5.07. The van der Waals surface area contributed by atoms with Crippen LogP contribution in [0.4, 0.5) is 0 Å². The van der Waals surface area contributed by atoms with Gasteiger partial charge in [-0.2, -0.15) is 0 Å². The van der Waals surface area contributed by atoms with Crippen LogP contribution in [0.15, 0.2) is 52.2 Å². The summed E-state index contributed by atoms with van der Waals surface area (Å²) >= 11 is 1.83. The fourth-order valence-corrected chi connectivity index (χ4v) is 2.83. The van der Waals surface area contributed by atoms with Crippen molar-refractivity contribution in [2.75, 3.05) is 5.75 Å². The van der Waals surface area contributed by atoms with E-state index in [0.717, 1.165) is 12.2 Å². The van der Waals surface area contributed by atoms with Gasteiger partial charge in [0.15, 0.2) is 0 Å². The van der Waals surface area contributed by atoms with Crippen molar-refractivity contribution >= 4 is 11.8 Å². The lowest BCUT2D eigenvalue weighted by Gasteiger charge is -2.15. The molecule has 96 valence electrons. The first-order chi connectivity index (χ1) is 8.79. The topological polar surface area (TPSA) is 51.2 Å². The molecule has 2 rings (SSSR count). The molecule has 1 unspecified atom stereocenters. The van der Waals surface area contributed by atoms with Crippen LogP contribution >= 0.6 is 11.8 Å². The fraction of sp³-hybridized carbons (Fsp3) is 0.286. The van der Waals surface area contributed by atoms with Crippen molar-refractivity contribution in [3.05, 3.63) is 54.0 Å². The summed E-state index contributed by atoms with van der Waals surface area (Å²) in [6.45, 7) is 2.13. The number of hydrogen-bond acceptors (Lipinski definition) is 4. The molecule has 0 aliphatic heterocycles. The number of hydrazine groups is 1. The predicted octanol–water partition coefficient (Wildman–Crippen LogP) is 2.75. The number of aryl methyl sites for hydroxylation is 1. The molecule has 1 atom stereocenters. The van der Waals surface area contributed by atoms with Crippen LogP contribution < -0.4 is 11.3 Å². The van der Waals surface area contributed by atoms with E-state index in [9.17, 15) is 0 Å². The molecule has 1 heterocycles. The fourth-order valence-electron chi connectivity index (χ4n) is 1.77. The summed E-state index contributed by atoms with van der Waals surface area (Å²) in [5.74, 6) is 6.53. The third kappa shape index (κ3) is 3.63. The second-order valence-electron chi connectivity index (χ2n) is 4.28. The van der Waals surface area contributed by atoms with Gasteiger partial charge in [0.05, 0.1) is 12.5 Å². The SMILES string of the molecule is Cc1ccccc1SCC(Cc1ccoc1)NN. The summed E-state index contributed by atoms with van der Waals surface area (Å²) in [4.78, 5) is 1.31. The van der Waals surface area contributed by atoms with Crippen LogP contribution in [0, 0.1) is 6.92 Å². The molecule has 4 heteroatoms. The molecular weight excluding hydrogens is 244 g/mol. The first-order valence-electron chi connectivity index (χ1n) is 5.95. The van der Waals surface area contributed by atoms with E-state index >= 15 is 0 Å². The van der Waals surface area contributed by atoms with Crippen LogP contribution in [0.25, 0.3) is 0 Å². The quantitative estimate of drug-likeness (QED) is 0.477. The molecule has 2 aromatic rings. The number of thioether (sulfide) groups is 1. The van der Waals surface area contributed by atoms with Gasteiger partial charge in [-0.1, -0.05) is 18.2 Å². The van der Waals surface area contributed by atoms with Gasteiger partial charge in [-0.05, 0) is 36.6 Å². The number of nitrogens with one attached hydrogen (secondary N) is 1. The van der Waals surface area contributed by atoms with E-state index in [1.165, 1.54) is 16.0 Å². The Morgan fingerprint density at radius 1 is 1.33 bits per heavy atom. The Bertz CT molecular complexity index is 470. The number of benzene rings is 1. The van der Waals surface area contributed by atoms with Crippen LogP contribution in [-0.2, 0) is 6.42 Å². The molecule has 0 spiro atoms. The zero-order valence-corrected chi connectivity index (χ0v) is 11.2. The number of rotatable bonds is 6. The molecule has 3 nitrogen and oxygen atoms in total. The summed E-state index contributed by atoms with van der Waals surface area (Å²) in [7, 11) is 0. The van der Waals surface area contributed by atoms with Crippen LogP contribution in [0.1, 0.15) is 11.1 Å². The van der Waals surface area contributed by atoms with Gasteiger partial charge in [-0.15, -0.1) is 11.8 Å². The van der Waals surface area contributed by atoms with Crippen LogP contribution in [0.5, 0.6) is 0 Å². The lowest BCUT2D eigenvalue weighted by atomic mass is 10.1. The number of furan rings is 1. The Morgan fingerprint density at radius 2 is 2.17 bits per heavy atom. The van der Waals surface area contributed by atoms with E-state index < -0.39 is 0 Å². The largest absolute Gasteiger partial charge is 0.472 e. The van der Waals surface area contributed by atoms with Gasteiger partial charge in [0.25, 0.3) is 0 Å². The van der Waals surface area contributed by atoms with Crippen LogP contribution in [0.3, 0.4) is 0 Å². The van der Waals surface area contributed by atoms with Crippen molar-refractivity contribution in [1.29, 1.82) is 0 Å². The highest BCUT2D eigenvalue weighted by atomic mass is 32.2. The minimum absolute atomic E-state index is 0.243. The minimum atomic E-state index is 0.243. The summed E-state index contributed by atoms with van der Waals surface area (Å²) in [5, 5.41) is 0. The first-order valence-corrected chi connectivity index (χ1v) is 6.94. The van der Waals surface area contributed by atoms with Gasteiger partial charge in [0.1, 0.15) is 0 Å². The Kier molecular flexibility index (Phi) is 4.87. The van der Waals surface area contributed by atoms with Crippen molar-refractivity contribution in [3.8, 4) is 0 Å². The van der Waals surface area contributed by atoms with Gasteiger partial charge in [-0.3, -0.25) is 11.3 Å². The smallest absolute Gasteiger partial charge is 0.0935 e. The van der Waals surface area contributed by atoms with E-state index in [1.807, 2.05) is 17.8 Å². The van der Waals surface area contributed by atoms with Gasteiger partial charge in [0, 0.05) is 16.7 Å². The molecule has 0 amide bonds. The normalized spacial score (nSPS) is 12.6. The van der Waals surface area contributed by atoms with Gasteiger partial charge >= 0.3 is 0 Å². The molecule has 0 bridgehead atoms. The Labute approximate surface area is 112 Å². The lowest BCUT2D eigenvalue weighted by molar-refractivity contribution is 0.548. The summed E-state index contributed by atoms with van der Waals surface area (Å²) in [6.07, 6.45) is 4.34. The van der Waals surface area contributed by atoms with Crippen LogP contribution in [0.2, 0.25) is 0 Å². The maximum absolute atomic E-state index is 5.60. The molecule has 0 radical (unpaired) electrons. The first kappa shape index (κ1) is 13.2. The van der Waals surface area contributed by atoms with Crippen molar-refractivity contribution in [3.63, 3.8) is 0 Å². The van der Waals surface area contributed by atoms with Crippen LogP contribution in [-0.4, -0.2) is 11.8 Å². The lowest BCUT2D eigenvalue weighted by Crippen LogP contribution is -2.38. The third-order valence-electron chi connectivity index (χ3n) is 2.83. The van der Waals surface area contributed by atoms with E-state index in [4.69, 9.17) is 10.3 Å². The zero-order valence-electron chi connectivity index (χ0n) is 10.4. The Morgan fingerprint density at radius 3 is 2.83 bits per heavy atom. The van der Waals surface area contributed by atoms with E-state index in [1.54, 1.807) is 12.5 Å². The van der Waals surface area contributed by atoms with Crippen molar-refractivity contribution in [2.45, 2.75) is 24.3 Å². The van der Waals surface area contributed by atoms with E-state index in [-0.39, 0.29) is 6.04 Å². The third-order valence-corrected chi connectivity index (χ3v) is 4.17. The molecule has 1 aromatic heterocycles. The highest BCUT2D eigenvalue weighted by Gasteiger charge is 2.10. The Balaban J connectivity index is 1.89. The number of hydrogen-bond donors (Lipinski definition) is 2. The molecular formula is C14H18N2OS. The predicted molar refractivity (Wildman–Crippen MR) is 75.4 cm³/mol. The van der Waals surface area contributed by atoms with Gasteiger partial charge in [-0.25, -0.2) is 0 Å².